The summed E-state index contributed by atoms with van der Waals surface area (Å²) >= 11 is 0. The molecular weight excluding hydrogens is 238 g/mol. The van der Waals surface area contributed by atoms with Gasteiger partial charge in [0.05, 0.1) is 5.75 Å². The molecule has 1 saturated heterocycles. The normalized spacial score (nSPS) is 34.3. The van der Waals surface area contributed by atoms with Gasteiger partial charge in [0.1, 0.15) is 0 Å². The van der Waals surface area contributed by atoms with E-state index in [1.165, 1.54) is 25.7 Å². The maximum absolute atomic E-state index is 10.9. The van der Waals surface area contributed by atoms with E-state index in [0.717, 1.165) is 13.0 Å². The number of nitrogens with two attached hydrogens (primary N) is 1. The monoisotopic (exact) mass is 261 g/mol. The molecule has 1 heterocycles. The molecule has 1 aliphatic carbocycles. The molecule has 0 aromatic rings. The van der Waals surface area contributed by atoms with Crippen LogP contribution in [-0.2, 0) is 10.0 Å². The van der Waals surface area contributed by atoms with E-state index < -0.39 is 10.0 Å². The van der Waals surface area contributed by atoms with Crippen LogP contribution in [0.15, 0.2) is 0 Å². The summed E-state index contributed by atoms with van der Waals surface area (Å²) in [6.07, 6.45) is 6.19. The fraction of sp³-hybridized carbons (Fsp3) is 1.00. The SMILES string of the molecule is NS(=O)(=O)CCNC1CCCC1C1CCCN1. The standard InChI is InChI=1S/C11H23N3O2S/c12-17(15,16)8-7-14-10-4-1-3-9(10)11-5-2-6-13-11/h9-11,13-14H,1-8H2,(H2,12,15,16). The molecule has 0 aromatic heterocycles. The van der Waals surface area contributed by atoms with Crippen LogP contribution in [0.1, 0.15) is 32.1 Å². The first-order chi connectivity index (χ1) is 8.06. The molecule has 2 rings (SSSR count). The Hall–Kier alpha value is -0.170. The van der Waals surface area contributed by atoms with Crippen LogP contribution in [0.25, 0.3) is 0 Å². The summed E-state index contributed by atoms with van der Waals surface area (Å²) in [5, 5.41) is 11.9. The molecule has 0 amide bonds. The Bertz CT molecular complexity index is 339. The number of hydrogen-bond donors (Lipinski definition) is 3. The largest absolute Gasteiger partial charge is 0.314 e. The fourth-order valence-electron chi connectivity index (χ4n) is 3.19. The zero-order valence-corrected chi connectivity index (χ0v) is 11.0. The summed E-state index contributed by atoms with van der Waals surface area (Å²) in [7, 11) is -3.33. The van der Waals surface area contributed by atoms with E-state index in [1.807, 2.05) is 0 Å². The highest BCUT2D eigenvalue weighted by molar-refractivity contribution is 7.89. The summed E-state index contributed by atoms with van der Waals surface area (Å²) in [5.74, 6) is 0.701. The molecule has 6 heteroatoms. The van der Waals surface area contributed by atoms with Crippen LogP contribution in [0.4, 0.5) is 0 Å². The summed E-state index contributed by atoms with van der Waals surface area (Å²) in [6, 6.07) is 1.09. The van der Waals surface area contributed by atoms with Crippen molar-refractivity contribution in [3.05, 3.63) is 0 Å². The second-order valence-corrected chi connectivity index (χ2v) is 6.96. The first-order valence-electron chi connectivity index (χ1n) is 6.53. The van der Waals surface area contributed by atoms with Gasteiger partial charge in [0.15, 0.2) is 0 Å². The van der Waals surface area contributed by atoms with Crippen molar-refractivity contribution in [1.29, 1.82) is 0 Å². The number of nitrogens with one attached hydrogen (secondary N) is 2. The summed E-state index contributed by atoms with van der Waals surface area (Å²) < 4.78 is 21.7. The molecular formula is C11H23N3O2S. The Kier molecular flexibility index (Phi) is 4.41. The highest BCUT2D eigenvalue weighted by atomic mass is 32.2. The predicted molar refractivity (Wildman–Crippen MR) is 68.1 cm³/mol. The lowest BCUT2D eigenvalue weighted by molar-refractivity contribution is 0.325. The van der Waals surface area contributed by atoms with Gasteiger partial charge in [0.2, 0.25) is 10.0 Å². The lowest BCUT2D eigenvalue weighted by Gasteiger charge is -2.26. The third-order valence-corrected chi connectivity index (χ3v) is 4.75. The molecule has 0 radical (unpaired) electrons. The summed E-state index contributed by atoms with van der Waals surface area (Å²) in [5.41, 5.74) is 0. The molecule has 4 N–H and O–H groups in total. The molecule has 1 saturated carbocycles. The van der Waals surface area contributed by atoms with E-state index in [0.29, 0.717) is 24.5 Å². The van der Waals surface area contributed by atoms with E-state index in [1.54, 1.807) is 0 Å². The van der Waals surface area contributed by atoms with Crippen molar-refractivity contribution in [2.45, 2.75) is 44.2 Å². The van der Waals surface area contributed by atoms with Crippen LogP contribution in [0.5, 0.6) is 0 Å². The molecule has 17 heavy (non-hydrogen) atoms. The first kappa shape index (κ1) is 13.3. The van der Waals surface area contributed by atoms with Crippen LogP contribution in [-0.4, -0.2) is 39.3 Å². The van der Waals surface area contributed by atoms with Crippen molar-refractivity contribution in [3.8, 4) is 0 Å². The minimum absolute atomic E-state index is 0.0360. The van der Waals surface area contributed by atoms with Crippen molar-refractivity contribution in [2.75, 3.05) is 18.8 Å². The second kappa shape index (κ2) is 5.65. The molecule has 3 atom stereocenters. The number of sulfonamides is 1. The molecule has 2 fully saturated rings. The topological polar surface area (TPSA) is 84.2 Å². The van der Waals surface area contributed by atoms with Crippen LogP contribution < -0.4 is 15.8 Å². The van der Waals surface area contributed by atoms with Gasteiger partial charge < -0.3 is 10.6 Å². The van der Waals surface area contributed by atoms with Gasteiger partial charge in [-0.05, 0) is 38.1 Å². The minimum atomic E-state index is -3.33. The van der Waals surface area contributed by atoms with Crippen molar-refractivity contribution in [2.24, 2.45) is 11.1 Å². The lowest BCUT2D eigenvalue weighted by Crippen LogP contribution is -2.43. The summed E-state index contributed by atoms with van der Waals surface area (Å²) in [6.45, 7) is 1.61. The second-order valence-electron chi connectivity index (χ2n) is 5.23. The highest BCUT2D eigenvalue weighted by Crippen LogP contribution is 2.31. The van der Waals surface area contributed by atoms with E-state index in [-0.39, 0.29) is 5.75 Å². The van der Waals surface area contributed by atoms with Crippen molar-refractivity contribution >= 4 is 10.0 Å². The molecule has 100 valence electrons. The smallest absolute Gasteiger partial charge is 0.210 e. The third kappa shape index (κ3) is 3.91. The molecule has 0 spiro atoms. The van der Waals surface area contributed by atoms with Crippen molar-refractivity contribution in [3.63, 3.8) is 0 Å². The van der Waals surface area contributed by atoms with Gasteiger partial charge >= 0.3 is 0 Å². The Morgan fingerprint density at radius 3 is 2.71 bits per heavy atom. The molecule has 0 aromatic carbocycles. The maximum atomic E-state index is 10.9. The number of rotatable bonds is 5. The number of hydrogen-bond acceptors (Lipinski definition) is 4. The third-order valence-electron chi connectivity index (χ3n) is 3.98. The molecule has 5 nitrogen and oxygen atoms in total. The number of primary sulfonamides is 1. The van der Waals surface area contributed by atoms with E-state index in [4.69, 9.17) is 5.14 Å². The zero-order chi connectivity index (χ0) is 12.3. The fourth-order valence-corrected chi connectivity index (χ4v) is 3.59. The Labute approximate surface area is 104 Å². The highest BCUT2D eigenvalue weighted by Gasteiger charge is 2.34. The predicted octanol–water partition coefficient (Wildman–Crippen LogP) is -0.215. The first-order valence-corrected chi connectivity index (χ1v) is 8.25. The molecule has 1 aliphatic heterocycles. The average molecular weight is 261 g/mol. The summed E-state index contributed by atoms with van der Waals surface area (Å²) in [4.78, 5) is 0. The van der Waals surface area contributed by atoms with E-state index >= 15 is 0 Å². The quantitative estimate of drug-likeness (QED) is 0.639. The van der Waals surface area contributed by atoms with E-state index in [2.05, 4.69) is 10.6 Å². The van der Waals surface area contributed by atoms with Crippen molar-refractivity contribution in [1.82, 2.24) is 10.6 Å². The maximum Gasteiger partial charge on any atom is 0.210 e. The Morgan fingerprint density at radius 1 is 1.24 bits per heavy atom. The van der Waals surface area contributed by atoms with Crippen LogP contribution in [0.3, 0.4) is 0 Å². The van der Waals surface area contributed by atoms with Gasteiger partial charge in [-0.3, -0.25) is 0 Å². The van der Waals surface area contributed by atoms with Crippen LogP contribution >= 0.6 is 0 Å². The van der Waals surface area contributed by atoms with Crippen molar-refractivity contribution < 1.29 is 8.42 Å². The van der Waals surface area contributed by atoms with Crippen LogP contribution in [0, 0.1) is 5.92 Å². The molecule has 0 bridgehead atoms. The van der Waals surface area contributed by atoms with Gasteiger partial charge in [-0.2, -0.15) is 0 Å². The average Bonchev–Trinajstić information content (AvgIpc) is 2.82. The Balaban J connectivity index is 1.78. The lowest BCUT2D eigenvalue weighted by atomic mass is 9.93. The Morgan fingerprint density at radius 2 is 2.06 bits per heavy atom. The van der Waals surface area contributed by atoms with Gasteiger partial charge in [-0.25, -0.2) is 13.6 Å². The van der Waals surface area contributed by atoms with Gasteiger partial charge in [-0.1, -0.05) is 6.42 Å². The molecule has 3 unspecified atom stereocenters. The van der Waals surface area contributed by atoms with E-state index in [9.17, 15) is 8.42 Å². The molecule has 2 aliphatic rings. The minimum Gasteiger partial charge on any atom is -0.314 e. The zero-order valence-electron chi connectivity index (χ0n) is 10.2. The van der Waals surface area contributed by atoms with Gasteiger partial charge in [0, 0.05) is 18.6 Å². The van der Waals surface area contributed by atoms with Gasteiger partial charge in [0.25, 0.3) is 0 Å². The van der Waals surface area contributed by atoms with Crippen LogP contribution in [0.2, 0.25) is 0 Å². The van der Waals surface area contributed by atoms with Gasteiger partial charge in [-0.15, -0.1) is 0 Å².